The maximum Gasteiger partial charge on any atom is 0.204 e. The molecule has 114 valence electrons. The fourth-order valence-corrected chi connectivity index (χ4v) is 3.42. The highest BCUT2D eigenvalue weighted by molar-refractivity contribution is 9.10. The zero-order valence-corrected chi connectivity index (χ0v) is 15.0. The molecule has 0 unspecified atom stereocenters. The molecule has 0 atom stereocenters. The van der Waals surface area contributed by atoms with E-state index in [0.29, 0.717) is 11.8 Å². The first kappa shape index (κ1) is 15.8. The van der Waals surface area contributed by atoms with E-state index in [4.69, 9.17) is 23.2 Å². The first-order chi connectivity index (χ1) is 10.4. The van der Waals surface area contributed by atoms with Crippen molar-refractivity contribution in [2.45, 2.75) is 20.4 Å². The Hall–Kier alpha value is -1.10. The number of hydrogen-bond acceptors (Lipinski definition) is 1. The van der Waals surface area contributed by atoms with Crippen molar-refractivity contribution in [1.29, 1.82) is 0 Å². The second-order valence-corrected chi connectivity index (χ2v) is 6.75. The molecule has 0 spiro atoms. The summed E-state index contributed by atoms with van der Waals surface area (Å²) in [6.45, 7) is 4.55. The van der Waals surface area contributed by atoms with Crippen LogP contribution in [0.3, 0.4) is 0 Å². The third-order valence-corrected chi connectivity index (χ3v) is 5.32. The van der Waals surface area contributed by atoms with Crippen LogP contribution in [0.5, 0.6) is 0 Å². The lowest BCUT2D eigenvalue weighted by Crippen LogP contribution is -2.00. The van der Waals surface area contributed by atoms with Gasteiger partial charge in [-0.3, -0.25) is 0 Å². The summed E-state index contributed by atoms with van der Waals surface area (Å²) in [5.41, 5.74) is 4.90. The molecule has 2 aromatic carbocycles. The first-order valence-electron chi connectivity index (χ1n) is 6.64. The molecule has 0 amide bonds. The van der Waals surface area contributed by atoms with E-state index in [9.17, 15) is 4.39 Å². The third kappa shape index (κ3) is 2.64. The van der Waals surface area contributed by atoms with Crippen LogP contribution < -0.4 is 0 Å². The van der Waals surface area contributed by atoms with Crippen molar-refractivity contribution >= 4 is 50.2 Å². The minimum absolute atomic E-state index is 0.103. The Bertz CT molecular complexity index is 890. The smallest absolute Gasteiger partial charge is 0.204 e. The van der Waals surface area contributed by atoms with Gasteiger partial charge in [-0.25, -0.2) is 9.37 Å². The van der Waals surface area contributed by atoms with Crippen LogP contribution in [0.1, 0.15) is 16.7 Å². The summed E-state index contributed by atoms with van der Waals surface area (Å²) in [4.78, 5) is 4.43. The van der Waals surface area contributed by atoms with Crippen LogP contribution in [0, 0.1) is 19.7 Å². The van der Waals surface area contributed by atoms with Gasteiger partial charge in [0.2, 0.25) is 5.28 Å². The average Bonchev–Trinajstić information content (AvgIpc) is 2.78. The minimum atomic E-state index is -0.429. The number of fused-ring (bicyclic) bond motifs is 1. The molecular weight excluding hydrogens is 390 g/mol. The standard InChI is InChI=1S/C16H12BrCl2FN2/c1-8-5-13-15(14(17)9(8)2)21-16(19)22(13)7-10-3-4-12(20)11(18)6-10/h3-6H,7H2,1-2H3. The Balaban J connectivity index is 2.14. The average molecular weight is 402 g/mol. The van der Waals surface area contributed by atoms with Crippen LogP contribution in [0.2, 0.25) is 10.3 Å². The Morgan fingerprint density at radius 2 is 1.95 bits per heavy atom. The lowest BCUT2D eigenvalue weighted by molar-refractivity contribution is 0.627. The normalized spacial score (nSPS) is 11.4. The maximum atomic E-state index is 13.3. The monoisotopic (exact) mass is 400 g/mol. The molecule has 0 fully saturated rings. The van der Waals surface area contributed by atoms with Crippen LogP contribution in [-0.4, -0.2) is 9.55 Å². The number of aromatic nitrogens is 2. The molecule has 0 bridgehead atoms. The predicted octanol–water partition coefficient (Wildman–Crippen LogP) is 5.91. The van der Waals surface area contributed by atoms with Gasteiger partial charge in [-0.15, -0.1) is 0 Å². The van der Waals surface area contributed by atoms with E-state index < -0.39 is 5.82 Å². The predicted molar refractivity (Wildman–Crippen MR) is 92.4 cm³/mol. The Labute approximate surface area is 146 Å². The largest absolute Gasteiger partial charge is 0.310 e. The zero-order valence-electron chi connectivity index (χ0n) is 11.9. The molecule has 0 aliphatic heterocycles. The van der Waals surface area contributed by atoms with E-state index >= 15 is 0 Å². The van der Waals surface area contributed by atoms with Crippen LogP contribution in [-0.2, 0) is 6.54 Å². The molecule has 0 saturated carbocycles. The quantitative estimate of drug-likeness (QED) is 0.521. The van der Waals surface area contributed by atoms with Crippen molar-refractivity contribution in [3.05, 3.63) is 61.6 Å². The molecule has 0 aliphatic carbocycles. The summed E-state index contributed by atoms with van der Waals surface area (Å²) in [5, 5.41) is 0.493. The second kappa shape index (κ2) is 5.84. The van der Waals surface area contributed by atoms with Crippen LogP contribution in [0.15, 0.2) is 28.7 Å². The van der Waals surface area contributed by atoms with Gasteiger partial charge < -0.3 is 4.57 Å². The lowest BCUT2D eigenvalue weighted by Gasteiger charge is -2.09. The molecule has 3 rings (SSSR count). The molecule has 0 saturated heterocycles. The summed E-state index contributed by atoms with van der Waals surface area (Å²) in [7, 11) is 0. The zero-order chi connectivity index (χ0) is 16.0. The van der Waals surface area contributed by atoms with Crippen molar-refractivity contribution in [3.63, 3.8) is 0 Å². The van der Waals surface area contributed by atoms with Crippen LogP contribution >= 0.6 is 39.1 Å². The fraction of sp³-hybridized carbons (Fsp3) is 0.188. The summed E-state index contributed by atoms with van der Waals surface area (Å²) < 4.78 is 16.1. The number of aryl methyl sites for hydroxylation is 1. The molecule has 2 nitrogen and oxygen atoms in total. The highest BCUT2D eigenvalue weighted by Crippen LogP contribution is 2.32. The summed E-state index contributed by atoms with van der Waals surface area (Å²) >= 11 is 15.7. The van der Waals surface area contributed by atoms with Gasteiger partial charge in [-0.05, 0) is 76.3 Å². The molecule has 3 aromatic rings. The Kier molecular flexibility index (Phi) is 4.19. The maximum absolute atomic E-state index is 13.3. The van der Waals surface area contributed by atoms with Gasteiger partial charge in [0.25, 0.3) is 0 Å². The Morgan fingerprint density at radius 3 is 2.64 bits per heavy atom. The number of rotatable bonds is 2. The van der Waals surface area contributed by atoms with Gasteiger partial charge in [0.1, 0.15) is 11.3 Å². The van der Waals surface area contributed by atoms with Gasteiger partial charge in [0.05, 0.1) is 17.1 Å². The van der Waals surface area contributed by atoms with Crippen molar-refractivity contribution < 1.29 is 4.39 Å². The minimum Gasteiger partial charge on any atom is -0.310 e. The van der Waals surface area contributed by atoms with E-state index in [0.717, 1.165) is 32.2 Å². The third-order valence-electron chi connectivity index (χ3n) is 3.77. The van der Waals surface area contributed by atoms with Crippen molar-refractivity contribution in [1.82, 2.24) is 9.55 Å². The number of halogens is 4. The number of nitrogens with zero attached hydrogens (tertiary/aromatic N) is 2. The molecule has 0 radical (unpaired) electrons. The van der Waals surface area contributed by atoms with Crippen LogP contribution in [0.4, 0.5) is 4.39 Å². The highest BCUT2D eigenvalue weighted by atomic mass is 79.9. The second-order valence-electron chi connectivity index (χ2n) is 5.22. The van der Waals surface area contributed by atoms with Crippen molar-refractivity contribution in [2.24, 2.45) is 0 Å². The molecule has 1 aromatic heterocycles. The lowest BCUT2D eigenvalue weighted by atomic mass is 10.1. The molecular formula is C16H12BrCl2FN2. The van der Waals surface area contributed by atoms with Gasteiger partial charge in [0.15, 0.2) is 0 Å². The molecule has 0 N–H and O–H groups in total. The molecule has 6 heteroatoms. The van der Waals surface area contributed by atoms with E-state index in [-0.39, 0.29) is 5.02 Å². The highest BCUT2D eigenvalue weighted by Gasteiger charge is 2.15. The van der Waals surface area contributed by atoms with Gasteiger partial charge >= 0.3 is 0 Å². The van der Waals surface area contributed by atoms with Gasteiger partial charge in [-0.2, -0.15) is 0 Å². The topological polar surface area (TPSA) is 17.8 Å². The van der Waals surface area contributed by atoms with Gasteiger partial charge in [0, 0.05) is 4.47 Å². The van der Waals surface area contributed by atoms with E-state index in [2.05, 4.69) is 27.0 Å². The molecule has 22 heavy (non-hydrogen) atoms. The first-order valence-corrected chi connectivity index (χ1v) is 8.18. The summed E-state index contributed by atoms with van der Waals surface area (Å²) in [6, 6.07) is 6.71. The van der Waals surface area contributed by atoms with Gasteiger partial charge in [-0.1, -0.05) is 17.7 Å². The van der Waals surface area contributed by atoms with Crippen molar-refractivity contribution in [3.8, 4) is 0 Å². The number of hydrogen-bond donors (Lipinski definition) is 0. The summed E-state index contributed by atoms with van der Waals surface area (Å²) in [5.74, 6) is -0.429. The SMILES string of the molecule is Cc1cc2c(nc(Cl)n2Cc2ccc(F)c(Cl)c2)c(Br)c1C. The van der Waals surface area contributed by atoms with E-state index in [1.807, 2.05) is 18.4 Å². The van der Waals surface area contributed by atoms with Crippen molar-refractivity contribution in [2.75, 3.05) is 0 Å². The molecule has 0 aliphatic rings. The van der Waals surface area contributed by atoms with Crippen LogP contribution in [0.25, 0.3) is 11.0 Å². The van der Waals surface area contributed by atoms with E-state index in [1.54, 1.807) is 12.1 Å². The Morgan fingerprint density at radius 1 is 1.23 bits per heavy atom. The molecule has 1 heterocycles. The number of imidazole rings is 1. The summed E-state index contributed by atoms with van der Waals surface area (Å²) in [6.07, 6.45) is 0. The van der Waals surface area contributed by atoms with E-state index in [1.165, 1.54) is 6.07 Å². The fourth-order valence-electron chi connectivity index (χ4n) is 2.38. The number of benzene rings is 2.